The summed E-state index contributed by atoms with van der Waals surface area (Å²) < 4.78 is 1.78. The van der Waals surface area contributed by atoms with E-state index in [9.17, 15) is 9.90 Å². The number of carbonyl (C=O) groups excluding carboxylic acids is 1. The van der Waals surface area contributed by atoms with Gasteiger partial charge in [-0.2, -0.15) is 0 Å². The number of phenolic OH excluding ortho intramolecular Hbond substituents is 1. The third-order valence-corrected chi connectivity index (χ3v) is 4.03. The number of nitrogens with one attached hydrogen (secondary N) is 1. The summed E-state index contributed by atoms with van der Waals surface area (Å²) in [5, 5.41) is 19.8. The number of rotatable bonds is 6. The van der Waals surface area contributed by atoms with Crippen LogP contribution in [-0.4, -0.2) is 31.8 Å². The Kier molecular flexibility index (Phi) is 5.09. The van der Waals surface area contributed by atoms with E-state index >= 15 is 0 Å². The molecule has 6 heteroatoms. The summed E-state index contributed by atoms with van der Waals surface area (Å²) >= 11 is 0. The van der Waals surface area contributed by atoms with Crippen LogP contribution in [0.5, 0.6) is 5.75 Å². The Bertz CT molecular complexity index is 812. The van der Waals surface area contributed by atoms with Gasteiger partial charge in [-0.3, -0.25) is 9.36 Å². The smallest absolute Gasteiger partial charge is 0.251 e. The van der Waals surface area contributed by atoms with Crippen molar-refractivity contribution in [2.75, 3.05) is 0 Å². The molecule has 6 nitrogen and oxygen atoms in total. The number of amides is 1. The fraction of sp³-hybridized carbons (Fsp3) is 0.211. The van der Waals surface area contributed by atoms with Crippen molar-refractivity contribution in [3.05, 3.63) is 72.3 Å². The quantitative estimate of drug-likeness (QED) is 0.725. The summed E-state index contributed by atoms with van der Waals surface area (Å²) in [5.41, 5.74) is 2.66. The second-order valence-corrected chi connectivity index (χ2v) is 6.00. The number of aryl methyl sites for hydroxylation is 1. The molecule has 0 aliphatic carbocycles. The Hall–Kier alpha value is -3.15. The molecule has 2 N–H and O–H groups in total. The van der Waals surface area contributed by atoms with E-state index < -0.39 is 0 Å². The highest BCUT2D eigenvalue weighted by Crippen LogP contribution is 2.13. The topological polar surface area (TPSA) is 80.0 Å². The van der Waals surface area contributed by atoms with E-state index in [4.69, 9.17) is 0 Å². The van der Waals surface area contributed by atoms with Crippen LogP contribution in [0, 0.1) is 0 Å². The average Bonchev–Trinajstić information content (AvgIpc) is 3.16. The van der Waals surface area contributed by atoms with Crippen molar-refractivity contribution in [3.63, 3.8) is 0 Å². The van der Waals surface area contributed by atoms with E-state index in [1.165, 1.54) is 0 Å². The zero-order valence-electron chi connectivity index (χ0n) is 14.0. The number of carbonyl (C=O) groups is 1. The highest BCUT2D eigenvalue weighted by molar-refractivity contribution is 5.94. The Morgan fingerprint density at radius 2 is 1.72 bits per heavy atom. The van der Waals surface area contributed by atoms with Crippen LogP contribution in [0.2, 0.25) is 0 Å². The van der Waals surface area contributed by atoms with Gasteiger partial charge in [-0.1, -0.05) is 12.1 Å². The Morgan fingerprint density at radius 3 is 2.36 bits per heavy atom. The Balaban J connectivity index is 1.53. The average molecular weight is 336 g/mol. The SMILES string of the molecule is C[C@@H](CCc1ccc(O)cc1)NC(=O)c1ccc(-n2cnnc2)cc1. The van der Waals surface area contributed by atoms with Gasteiger partial charge in [0, 0.05) is 17.3 Å². The lowest BCUT2D eigenvalue weighted by Gasteiger charge is -2.14. The highest BCUT2D eigenvalue weighted by Gasteiger charge is 2.10. The fourth-order valence-corrected chi connectivity index (χ4v) is 2.54. The van der Waals surface area contributed by atoms with Crippen LogP contribution in [0.25, 0.3) is 5.69 Å². The first kappa shape index (κ1) is 16.7. The van der Waals surface area contributed by atoms with Crippen molar-refractivity contribution in [3.8, 4) is 11.4 Å². The molecule has 2 aromatic carbocycles. The van der Waals surface area contributed by atoms with E-state index in [-0.39, 0.29) is 17.7 Å². The molecule has 0 radical (unpaired) electrons. The van der Waals surface area contributed by atoms with E-state index in [0.717, 1.165) is 24.1 Å². The molecule has 0 bridgehead atoms. The molecule has 0 unspecified atom stereocenters. The molecule has 1 aromatic heterocycles. The number of nitrogens with zero attached hydrogens (tertiary/aromatic N) is 3. The Morgan fingerprint density at radius 1 is 1.08 bits per heavy atom. The van der Waals surface area contributed by atoms with Gasteiger partial charge < -0.3 is 10.4 Å². The molecular weight excluding hydrogens is 316 g/mol. The standard InChI is InChI=1S/C19H20N4O2/c1-14(2-3-15-4-10-18(24)11-5-15)22-19(25)16-6-8-17(9-7-16)23-12-20-21-13-23/h4-14,24H,2-3H2,1H3,(H,22,25)/t14-/m0/s1. The minimum absolute atomic E-state index is 0.0545. The van der Waals surface area contributed by atoms with Crippen molar-refractivity contribution in [2.45, 2.75) is 25.8 Å². The number of aromatic hydroxyl groups is 1. The van der Waals surface area contributed by atoms with E-state index in [1.54, 1.807) is 41.5 Å². The number of phenols is 1. The molecule has 0 saturated heterocycles. The molecule has 0 fully saturated rings. The highest BCUT2D eigenvalue weighted by atomic mass is 16.3. The molecule has 1 heterocycles. The molecule has 0 aliphatic rings. The van der Waals surface area contributed by atoms with Crippen LogP contribution in [-0.2, 0) is 6.42 Å². The number of aromatic nitrogens is 3. The summed E-state index contributed by atoms with van der Waals surface area (Å²) in [5.74, 6) is 0.175. The fourth-order valence-electron chi connectivity index (χ4n) is 2.54. The molecule has 1 amide bonds. The maximum absolute atomic E-state index is 12.3. The maximum Gasteiger partial charge on any atom is 0.251 e. The van der Waals surface area contributed by atoms with Crippen LogP contribution in [0.15, 0.2) is 61.2 Å². The van der Waals surface area contributed by atoms with Gasteiger partial charge in [-0.15, -0.1) is 10.2 Å². The summed E-state index contributed by atoms with van der Waals surface area (Å²) in [4.78, 5) is 12.3. The van der Waals surface area contributed by atoms with Crippen molar-refractivity contribution >= 4 is 5.91 Å². The third-order valence-electron chi connectivity index (χ3n) is 4.03. The minimum atomic E-state index is -0.0893. The normalized spacial score (nSPS) is 11.9. The first-order valence-electron chi connectivity index (χ1n) is 8.15. The van der Waals surface area contributed by atoms with Gasteiger partial charge >= 0.3 is 0 Å². The van der Waals surface area contributed by atoms with E-state index in [0.29, 0.717) is 5.56 Å². The molecule has 128 valence electrons. The zero-order chi connectivity index (χ0) is 17.6. The monoisotopic (exact) mass is 336 g/mol. The predicted octanol–water partition coefficient (Wildman–Crippen LogP) is 2.72. The van der Waals surface area contributed by atoms with Crippen molar-refractivity contribution in [2.24, 2.45) is 0 Å². The molecule has 0 spiro atoms. The lowest BCUT2D eigenvalue weighted by molar-refractivity contribution is 0.0938. The summed E-state index contributed by atoms with van der Waals surface area (Å²) in [6.07, 6.45) is 4.89. The van der Waals surface area contributed by atoms with Crippen LogP contribution in [0.3, 0.4) is 0 Å². The van der Waals surface area contributed by atoms with Crippen LogP contribution in [0.1, 0.15) is 29.3 Å². The number of hydrogen-bond donors (Lipinski definition) is 2. The van der Waals surface area contributed by atoms with Gasteiger partial charge in [0.1, 0.15) is 18.4 Å². The number of hydrogen-bond acceptors (Lipinski definition) is 4. The molecule has 3 rings (SSSR count). The second-order valence-electron chi connectivity index (χ2n) is 6.00. The second kappa shape index (κ2) is 7.61. The lowest BCUT2D eigenvalue weighted by atomic mass is 10.1. The largest absolute Gasteiger partial charge is 0.508 e. The Labute approximate surface area is 146 Å². The van der Waals surface area contributed by atoms with Crippen molar-refractivity contribution < 1.29 is 9.90 Å². The molecule has 0 aliphatic heterocycles. The van der Waals surface area contributed by atoms with Crippen molar-refractivity contribution in [1.82, 2.24) is 20.1 Å². The summed E-state index contributed by atoms with van der Waals surface area (Å²) in [6, 6.07) is 14.5. The third kappa shape index (κ3) is 4.44. The molecule has 25 heavy (non-hydrogen) atoms. The zero-order valence-corrected chi connectivity index (χ0v) is 14.0. The van der Waals surface area contributed by atoms with Crippen molar-refractivity contribution in [1.29, 1.82) is 0 Å². The molecule has 0 saturated carbocycles. The predicted molar refractivity (Wildman–Crippen MR) is 94.7 cm³/mol. The van der Waals surface area contributed by atoms with Crippen LogP contribution >= 0.6 is 0 Å². The molecular formula is C19H20N4O2. The van der Waals surface area contributed by atoms with Gasteiger partial charge in [0.25, 0.3) is 5.91 Å². The first-order valence-corrected chi connectivity index (χ1v) is 8.15. The van der Waals surface area contributed by atoms with Gasteiger partial charge in [0.2, 0.25) is 0 Å². The first-order chi connectivity index (χ1) is 12.1. The maximum atomic E-state index is 12.3. The van der Waals surface area contributed by atoms with Gasteiger partial charge in [-0.05, 0) is 61.7 Å². The van der Waals surface area contributed by atoms with Gasteiger partial charge in [0.05, 0.1) is 0 Å². The van der Waals surface area contributed by atoms with Crippen LogP contribution in [0.4, 0.5) is 0 Å². The summed E-state index contributed by atoms with van der Waals surface area (Å²) in [7, 11) is 0. The molecule has 3 aromatic rings. The summed E-state index contributed by atoms with van der Waals surface area (Å²) in [6.45, 7) is 1.99. The van der Waals surface area contributed by atoms with Gasteiger partial charge in [-0.25, -0.2) is 0 Å². The van der Waals surface area contributed by atoms with Gasteiger partial charge in [0.15, 0.2) is 0 Å². The lowest BCUT2D eigenvalue weighted by Crippen LogP contribution is -2.32. The molecule has 1 atom stereocenters. The van der Waals surface area contributed by atoms with E-state index in [2.05, 4.69) is 15.5 Å². The number of benzene rings is 2. The van der Waals surface area contributed by atoms with E-state index in [1.807, 2.05) is 31.2 Å². The minimum Gasteiger partial charge on any atom is -0.508 e. The van der Waals surface area contributed by atoms with Crippen LogP contribution < -0.4 is 5.32 Å².